The van der Waals surface area contributed by atoms with E-state index in [1.54, 1.807) is 0 Å². The molecule has 2 heterocycles. The molecule has 0 aliphatic rings. The summed E-state index contributed by atoms with van der Waals surface area (Å²) in [5, 5.41) is 0. The average Bonchev–Trinajstić information content (AvgIpc) is 2.47. The maximum Gasteiger partial charge on any atom is 0.288 e. The van der Waals surface area contributed by atoms with Gasteiger partial charge in [-0.1, -0.05) is 0 Å². The van der Waals surface area contributed by atoms with E-state index in [9.17, 15) is 13.6 Å². The van der Waals surface area contributed by atoms with E-state index in [2.05, 4.69) is 41.5 Å². The lowest BCUT2D eigenvalue weighted by molar-refractivity contribution is 0.0957. The van der Waals surface area contributed by atoms with E-state index in [0.717, 1.165) is 12.1 Å². The molecule has 6 nitrogen and oxygen atoms in total. The third kappa shape index (κ3) is 3.63. The predicted molar refractivity (Wildman–Crippen MR) is 73.7 cm³/mol. The van der Waals surface area contributed by atoms with Crippen molar-refractivity contribution in [2.24, 2.45) is 0 Å². The number of pyridine rings is 2. The highest BCUT2D eigenvalue weighted by molar-refractivity contribution is 9.10. The number of hydrogen-bond donors (Lipinski definition) is 2. The van der Waals surface area contributed by atoms with E-state index in [-0.39, 0.29) is 21.9 Å². The second-order valence-electron chi connectivity index (χ2n) is 3.76. The Kier molecular flexibility index (Phi) is 4.63. The smallest absolute Gasteiger partial charge is 0.288 e. The van der Waals surface area contributed by atoms with E-state index in [1.165, 1.54) is 19.4 Å². The van der Waals surface area contributed by atoms with Gasteiger partial charge in [-0.25, -0.2) is 18.7 Å². The Morgan fingerprint density at radius 1 is 1.33 bits per heavy atom. The summed E-state index contributed by atoms with van der Waals surface area (Å²) in [7, 11) is 1.29. The number of carbonyl (C=O) groups is 1. The fraction of sp³-hybridized carbons (Fsp3) is 0.0833. The fourth-order valence-corrected chi connectivity index (χ4v) is 1.70. The van der Waals surface area contributed by atoms with E-state index in [0.29, 0.717) is 0 Å². The Hall–Kier alpha value is -2.29. The molecule has 110 valence electrons. The highest BCUT2D eigenvalue weighted by Crippen LogP contribution is 2.16. The molecule has 9 heteroatoms. The van der Waals surface area contributed by atoms with E-state index >= 15 is 0 Å². The number of methoxy groups -OCH3 is 1. The van der Waals surface area contributed by atoms with Crippen LogP contribution < -0.4 is 15.6 Å². The van der Waals surface area contributed by atoms with E-state index in [4.69, 9.17) is 0 Å². The largest absolute Gasteiger partial charge is 0.479 e. The van der Waals surface area contributed by atoms with Gasteiger partial charge >= 0.3 is 0 Å². The highest BCUT2D eigenvalue weighted by atomic mass is 79.9. The first-order valence-corrected chi connectivity index (χ1v) is 6.38. The van der Waals surface area contributed by atoms with Crippen molar-refractivity contribution < 1.29 is 18.3 Å². The summed E-state index contributed by atoms with van der Waals surface area (Å²) in [4.78, 5) is 19.2. The zero-order valence-electron chi connectivity index (χ0n) is 10.7. The number of hydrogen-bond acceptors (Lipinski definition) is 5. The van der Waals surface area contributed by atoms with Crippen molar-refractivity contribution in [1.82, 2.24) is 15.4 Å². The second kappa shape index (κ2) is 6.44. The molecule has 0 radical (unpaired) electrons. The van der Waals surface area contributed by atoms with Crippen LogP contribution >= 0.6 is 15.9 Å². The first-order chi connectivity index (χ1) is 10.0. The van der Waals surface area contributed by atoms with Crippen LogP contribution in [0.15, 0.2) is 29.0 Å². The molecule has 2 rings (SSSR count). The van der Waals surface area contributed by atoms with Gasteiger partial charge in [-0.05, 0) is 28.1 Å². The summed E-state index contributed by atoms with van der Waals surface area (Å²) in [6, 6.07) is 3.41. The number of nitrogens with one attached hydrogen (secondary N) is 2. The Bertz CT molecular complexity index is 684. The molecule has 0 spiro atoms. The molecule has 2 aromatic heterocycles. The monoisotopic (exact) mass is 358 g/mol. The van der Waals surface area contributed by atoms with Crippen molar-refractivity contribution in [3.63, 3.8) is 0 Å². The van der Waals surface area contributed by atoms with Gasteiger partial charge in [0.2, 0.25) is 5.88 Å². The molecule has 2 N–H and O–H groups in total. The SMILES string of the molecule is COc1ncc(NNC(=O)c2ccc(F)c(Br)n2)cc1F. The molecular formula is C12H9BrF2N4O2. The average molecular weight is 359 g/mol. The lowest BCUT2D eigenvalue weighted by Crippen LogP contribution is -2.30. The third-order valence-electron chi connectivity index (χ3n) is 2.36. The molecule has 2 aromatic rings. The molecule has 0 aliphatic carbocycles. The van der Waals surface area contributed by atoms with Gasteiger partial charge in [0, 0.05) is 6.07 Å². The first kappa shape index (κ1) is 15.1. The van der Waals surface area contributed by atoms with Gasteiger partial charge in [-0.15, -0.1) is 0 Å². The van der Waals surface area contributed by atoms with Crippen LogP contribution in [-0.4, -0.2) is 23.0 Å². The Morgan fingerprint density at radius 2 is 2.10 bits per heavy atom. The van der Waals surface area contributed by atoms with Crippen LogP contribution in [0.3, 0.4) is 0 Å². The number of anilines is 1. The molecule has 0 saturated carbocycles. The molecule has 0 saturated heterocycles. The van der Waals surface area contributed by atoms with Crippen LogP contribution in [0, 0.1) is 11.6 Å². The highest BCUT2D eigenvalue weighted by Gasteiger charge is 2.11. The Labute approximate surface area is 126 Å². The van der Waals surface area contributed by atoms with Gasteiger partial charge < -0.3 is 4.74 Å². The summed E-state index contributed by atoms with van der Waals surface area (Å²) < 4.78 is 31.0. The zero-order chi connectivity index (χ0) is 15.4. The molecule has 21 heavy (non-hydrogen) atoms. The van der Waals surface area contributed by atoms with Crippen molar-refractivity contribution in [1.29, 1.82) is 0 Å². The van der Waals surface area contributed by atoms with Gasteiger partial charge in [0.05, 0.1) is 19.0 Å². The Morgan fingerprint density at radius 3 is 2.71 bits per heavy atom. The minimum Gasteiger partial charge on any atom is -0.479 e. The minimum atomic E-state index is -0.681. The van der Waals surface area contributed by atoms with Gasteiger partial charge in [-0.2, -0.15) is 0 Å². The van der Waals surface area contributed by atoms with Crippen LogP contribution in [0.5, 0.6) is 5.88 Å². The van der Waals surface area contributed by atoms with Crippen LogP contribution in [-0.2, 0) is 0 Å². The van der Waals surface area contributed by atoms with Crippen LogP contribution in [0.4, 0.5) is 14.5 Å². The molecule has 0 fully saturated rings. The molecule has 0 unspecified atom stereocenters. The lowest BCUT2D eigenvalue weighted by atomic mass is 10.3. The molecule has 0 aliphatic heterocycles. The van der Waals surface area contributed by atoms with Gasteiger partial charge in [0.25, 0.3) is 5.91 Å². The summed E-state index contributed by atoms with van der Waals surface area (Å²) in [5.74, 6) is -2.04. The van der Waals surface area contributed by atoms with E-state index in [1.807, 2.05) is 0 Å². The summed E-state index contributed by atoms with van der Waals surface area (Å²) in [5.41, 5.74) is 4.94. The first-order valence-electron chi connectivity index (χ1n) is 5.59. The van der Waals surface area contributed by atoms with Crippen molar-refractivity contribution in [3.05, 3.63) is 46.3 Å². The van der Waals surface area contributed by atoms with Crippen molar-refractivity contribution >= 4 is 27.5 Å². The topological polar surface area (TPSA) is 76.1 Å². The van der Waals surface area contributed by atoms with Crippen molar-refractivity contribution in [2.45, 2.75) is 0 Å². The summed E-state index contributed by atoms with van der Waals surface area (Å²) in [6.45, 7) is 0. The molecule has 0 atom stereocenters. The number of nitrogens with zero attached hydrogens (tertiary/aromatic N) is 2. The lowest BCUT2D eigenvalue weighted by Gasteiger charge is -2.09. The summed E-state index contributed by atoms with van der Waals surface area (Å²) >= 11 is 2.88. The number of halogens is 3. The van der Waals surface area contributed by atoms with Gasteiger partial charge in [0.15, 0.2) is 11.6 Å². The quantitative estimate of drug-likeness (QED) is 0.647. The summed E-state index contributed by atoms with van der Waals surface area (Å²) in [6.07, 6.45) is 1.27. The zero-order valence-corrected chi connectivity index (χ0v) is 12.2. The maximum absolute atomic E-state index is 13.4. The molecule has 0 bridgehead atoms. The maximum atomic E-state index is 13.4. The molecular weight excluding hydrogens is 350 g/mol. The number of hydrazine groups is 1. The normalized spacial score (nSPS) is 10.1. The van der Waals surface area contributed by atoms with Gasteiger partial charge in [0.1, 0.15) is 10.3 Å². The number of rotatable bonds is 4. The number of aromatic nitrogens is 2. The van der Waals surface area contributed by atoms with Crippen molar-refractivity contribution in [2.75, 3.05) is 12.5 Å². The van der Waals surface area contributed by atoms with Crippen LogP contribution in [0.1, 0.15) is 10.5 Å². The fourth-order valence-electron chi connectivity index (χ4n) is 1.38. The standard InChI is InChI=1S/C12H9BrF2N4O2/c1-21-12-8(15)4-6(5-16-12)18-19-11(20)9-3-2-7(14)10(13)17-9/h2-5,18H,1H3,(H,19,20). The van der Waals surface area contributed by atoms with E-state index < -0.39 is 17.5 Å². The number of amides is 1. The van der Waals surface area contributed by atoms with Crippen LogP contribution in [0.2, 0.25) is 0 Å². The minimum absolute atomic E-state index is 0.0160. The van der Waals surface area contributed by atoms with Crippen LogP contribution in [0.25, 0.3) is 0 Å². The predicted octanol–water partition coefficient (Wildman–Crippen LogP) is 2.28. The molecule has 0 aromatic carbocycles. The number of ether oxygens (including phenoxy) is 1. The molecule has 1 amide bonds. The number of carbonyl (C=O) groups excluding carboxylic acids is 1. The third-order valence-corrected chi connectivity index (χ3v) is 2.91. The van der Waals surface area contributed by atoms with Gasteiger partial charge in [-0.3, -0.25) is 15.6 Å². The van der Waals surface area contributed by atoms with Crippen molar-refractivity contribution in [3.8, 4) is 5.88 Å². The second-order valence-corrected chi connectivity index (χ2v) is 4.51. The Balaban J connectivity index is 2.03.